The van der Waals surface area contributed by atoms with Gasteiger partial charge in [0.25, 0.3) is 0 Å². The maximum absolute atomic E-state index is 14.7. The number of hydrogen-bond donors (Lipinski definition) is 1. The number of carboxylic acid groups (broad SMARTS) is 1. The zero-order valence-electron chi connectivity index (χ0n) is 39.7. The minimum Gasteiger partial charge on any atom is -0.481 e. The molecule has 1 aromatic rings. The Hall–Kier alpha value is -1.48. The number of ketones is 1. The van der Waals surface area contributed by atoms with Crippen molar-refractivity contribution in [1.82, 2.24) is 4.98 Å². The number of aliphatic carboxylic acids is 1. The molecule has 56 heavy (non-hydrogen) atoms. The third-order valence-corrected chi connectivity index (χ3v) is 27.3. The second-order valence-electron chi connectivity index (χ2n) is 21.5. The Bertz CT molecular complexity index is 1550. The van der Waals surface area contributed by atoms with Crippen molar-refractivity contribution in [3.8, 4) is 0 Å². The lowest BCUT2D eigenvalue weighted by Crippen LogP contribution is -2.54. The Balaban J connectivity index is 3.47. The molecule has 1 N–H and O–H groups in total. The molecule has 0 fully saturated rings. The Labute approximate surface area is 351 Å². The molecule has 0 bridgehead atoms. The van der Waals surface area contributed by atoms with Crippen LogP contribution < -0.4 is 0 Å². The normalized spacial score (nSPS) is 17.5. The van der Waals surface area contributed by atoms with E-state index in [2.05, 4.69) is 157 Å². The van der Waals surface area contributed by atoms with Gasteiger partial charge in [-0.15, -0.1) is 11.3 Å². The van der Waals surface area contributed by atoms with E-state index in [1.807, 2.05) is 27.7 Å². The highest BCUT2D eigenvalue weighted by Gasteiger charge is 2.50. The second-order valence-corrected chi connectivity index (χ2v) is 36.8. The quantitative estimate of drug-likeness (QED) is 0.103. The molecule has 0 unspecified atom stereocenters. The van der Waals surface area contributed by atoms with Crippen LogP contribution >= 0.6 is 11.3 Å². The molecule has 0 aromatic carbocycles. The molecule has 7 nitrogen and oxygen atoms in total. The number of aryl methyl sites for hydroxylation is 1. The van der Waals surface area contributed by atoms with Gasteiger partial charge in [0.15, 0.2) is 25.0 Å². The summed E-state index contributed by atoms with van der Waals surface area (Å²) >= 11 is 1.66. The maximum atomic E-state index is 14.7. The second kappa shape index (κ2) is 19.7. The molecular weight excluding hydrogens is 767 g/mol. The van der Waals surface area contributed by atoms with E-state index in [1.54, 1.807) is 11.3 Å². The lowest BCUT2D eigenvalue weighted by molar-refractivity contribution is -0.146. The molecule has 11 heteroatoms. The van der Waals surface area contributed by atoms with Gasteiger partial charge in [-0.2, -0.15) is 0 Å². The average Bonchev–Trinajstić information content (AvgIpc) is 3.42. The highest BCUT2D eigenvalue weighted by Crippen LogP contribution is 2.44. The van der Waals surface area contributed by atoms with E-state index in [1.165, 1.54) is 11.1 Å². The summed E-state index contributed by atoms with van der Waals surface area (Å²) in [5.41, 5.74) is 2.37. The van der Waals surface area contributed by atoms with Crippen LogP contribution in [-0.2, 0) is 22.9 Å². The third-order valence-electron chi connectivity index (χ3n) is 13.0. The minimum absolute atomic E-state index is 0.0218. The van der Waals surface area contributed by atoms with Crippen LogP contribution in [0.2, 0.25) is 54.4 Å². The van der Waals surface area contributed by atoms with Crippen LogP contribution in [0.1, 0.15) is 134 Å². The van der Waals surface area contributed by atoms with Gasteiger partial charge < -0.3 is 18.4 Å². The van der Waals surface area contributed by atoms with Gasteiger partial charge in [0.1, 0.15) is 5.78 Å². The molecule has 0 radical (unpaired) electrons. The maximum Gasteiger partial charge on any atom is 0.305 e. The van der Waals surface area contributed by atoms with Crippen LogP contribution in [0.15, 0.2) is 34.8 Å². The van der Waals surface area contributed by atoms with Crippen molar-refractivity contribution in [2.45, 2.75) is 203 Å². The van der Waals surface area contributed by atoms with E-state index in [0.29, 0.717) is 0 Å². The van der Waals surface area contributed by atoms with Crippen molar-refractivity contribution in [3.05, 3.63) is 45.5 Å². The first-order valence-electron chi connectivity index (χ1n) is 20.7. The standard InChI is InChI=1S/C45H83NO6SSi3/c1-31(26-27-37(50-54(17,18)42(6,7)8)33(3)28-36-30-53-35(5)46-36)24-23-25-32(2)40(52-56(21,22)44(12,13)14)34(4)41(49)45(15,16)38(29-39(47)48)51-55(19,20)43(9,10)11/h23,25-26,28,30,32,34,37-38,40H,24,27,29H2,1-22H3,(H,47,48)/t32-,34+,37-,38-,40-/m0/s1. The van der Waals surface area contributed by atoms with Gasteiger partial charge in [0.05, 0.1) is 35.4 Å². The number of allylic oxidation sites excluding steroid dienone is 2. The first-order chi connectivity index (χ1) is 25.0. The Kier molecular flexibility index (Phi) is 18.5. The molecule has 0 spiro atoms. The first-order valence-corrected chi connectivity index (χ1v) is 30.3. The molecule has 322 valence electrons. The Morgan fingerprint density at radius 3 is 1.75 bits per heavy atom. The topological polar surface area (TPSA) is 95.0 Å². The van der Waals surface area contributed by atoms with E-state index >= 15 is 0 Å². The van der Waals surface area contributed by atoms with Crippen LogP contribution in [0.3, 0.4) is 0 Å². The van der Waals surface area contributed by atoms with Crippen LogP contribution in [0.25, 0.3) is 6.08 Å². The first kappa shape index (κ1) is 52.5. The Morgan fingerprint density at radius 1 is 0.821 bits per heavy atom. The van der Waals surface area contributed by atoms with E-state index < -0.39 is 48.4 Å². The zero-order valence-corrected chi connectivity index (χ0v) is 43.6. The Morgan fingerprint density at radius 2 is 1.30 bits per heavy atom. The number of rotatable bonds is 20. The van der Waals surface area contributed by atoms with Crippen molar-refractivity contribution < 1.29 is 28.0 Å². The summed E-state index contributed by atoms with van der Waals surface area (Å²) in [6, 6.07) is 0. The molecule has 1 aromatic heterocycles. The van der Waals surface area contributed by atoms with E-state index in [-0.39, 0.29) is 45.4 Å². The molecular formula is C45H83NO6SSi3. The molecule has 1 heterocycles. The molecule has 5 atom stereocenters. The zero-order chi connectivity index (χ0) is 44.0. The summed E-state index contributed by atoms with van der Waals surface area (Å²) < 4.78 is 20.9. The molecule has 0 aliphatic carbocycles. The van der Waals surface area contributed by atoms with Crippen molar-refractivity contribution in [1.29, 1.82) is 0 Å². The summed E-state index contributed by atoms with van der Waals surface area (Å²) in [5.74, 6) is -1.53. The summed E-state index contributed by atoms with van der Waals surface area (Å²) in [6.07, 6.45) is 9.02. The largest absolute Gasteiger partial charge is 0.481 e. The van der Waals surface area contributed by atoms with Gasteiger partial charge in [0.2, 0.25) is 0 Å². The average molecular weight is 850 g/mol. The highest BCUT2D eigenvalue weighted by molar-refractivity contribution is 7.09. The van der Waals surface area contributed by atoms with E-state index in [9.17, 15) is 14.7 Å². The minimum atomic E-state index is -2.39. The van der Waals surface area contributed by atoms with Gasteiger partial charge in [-0.3, -0.25) is 9.59 Å². The summed E-state index contributed by atoms with van der Waals surface area (Å²) in [6.45, 7) is 47.4. The summed E-state index contributed by atoms with van der Waals surface area (Å²) in [5, 5.41) is 13.0. The number of carbonyl (C=O) groups excluding carboxylic acids is 1. The number of aromatic nitrogens is 1. The van der Waals surface area contributed by atoms with Gasteiger partial charge >= 0.3 is 5.97 Å². The van der Waals surface area contributed by atoms with Gasteiger partial charge in [-0.1, -0.05) is 114 Å². The molecule has 0 saturated carbocycles. The fraction of sp³-hybridized carbons (Fsp3) is 0.756. The lowest BCUT2D eigenvalue weighted by Gasteiger charge is -2.46. The van der Waals surface area contributed by atoms with Crippen molar-refractivity contribution in [2.75, 3.05) is 0 Å². The van der Waals surface area contributed by atoms with Crippen LogP contribution in [0.4, 0.5) is 0 Å². The monoisotopic (exact) mass is 850 g/mol. The molecule has 0 aliphatic heterocycles. The molecule has 0 amide bonds. The number of thiazole rings is 1. The number of carbonyl (C=O) groups is 2. The van der Waals surface area contributed by atoms with Crippen LogP contribution in [0.5, 0.6) is 0 Å². The molecule has 0 aliphatic rings. The third kappa shape index (κ3) is 15.0. The van der Waals surface area contributed by atoms with Crippen molar-refractivity contribution in [2.24, 2.45) is 17.3 Å². The fourth-order valence-electron chi connectivity index (χ4n) is 5.81. The number of Topliss-reactive ketones (excluding diaryl/α,β-unsaturated/α-hetero) is 1. The van der Waals surface area contributed by atoms with E-state index in [0.717, 1.165) is 23.5 Å². The number of hydrogen-bond acceptors (Lipinski definition) is 7. The summed E-state index contributed by atoms with van der Waals surface area (Å²) in [4.78, 5) is 31.5. The molecule has 0 saturated heterocycles. The SMILES string of the molecule is CC(=CC[C@H](O[Si](C)(C)C(C)(C)C)C(C)=Cc1csc(C)n1)CC=C[C@H](C)[C@H](O[Si](C)(C)C(C)(C)C)[C@@H](C)C(=O)C(C)(C)[C@H](CC(=O)O)O[Si](C)(C)C(C)(C)C. The smallest absolute Gasteiger partial charge is 0.305 e. The molecule has 1 rings (SSSR count). The van der Waals surface area contributed by atoms with Gasteiger partial charge in [0, 0.05) is 16.7 Å². The van der Waals surface area contributed by atoms with Crippen molar-refractivity contribution >= 4 is 54.1 Å². The lowest BCUT2D eigenvalue weighted by atomic mass is 9.73. The predicted octanol–water partition coefficient (Wildman–Crippen LogP) is 13.7. The number of carboxylic acids is 1. The van der Waals surface area contributed by atoms with Crippen LogP contribution in [-0.4, -0.2) is 65.1 Å². The summed E-state index contributed by atoms with van der Waals surface area (Å²) in [7, 11) is -6.75. The fourth-order valence-corrected chi connectivity index (χ4v) is 10.6. The van der Waals surface area contributed by atoms with Gasteiger partial charge in [-0.25, -0.2) is 4.98 Å². The number of nitrogens with zero attached hydrogens (tertiary/aromatic N) is 1. The predicted molar refractivity (Wildman–Crippen MR) is 248 cm³/mol. The van der Waals surface area contributed by atoms with E-state index in [4.69, 9.17) is 13.3 Å². The van der Waals surface area contributed by atoms with Gasteiger partial charge in [-0.05, 0) is 106 Å². The van der Waals surface area contributed by atoms with Crippen molar-refractivity contribution in [3.63, 3.8) is 0 Å². The highest BCUT2D eigenvalue weighted by atomic mass is 32.1. The van der Waals surface area contributed by atoms with Crippen LogP contribution in [0, 0.1) is 24.2 Å².